The number of para-hydroxylation sites is 5. The molecular weight excluding hydrogens is 775 g/mol. The van der Waals surface area contributed by atoms with Gasteiger partial charge in [-0.3, -0.25) is 0 Å². The highest BCUT2D eigenvalue weighted by atomic mass is 15.1. The molecule has 3 heteroatoms. The molecule has 13 rings (SSSR count). The number of nitrogens with zero attached hydrogens (tertiary/aromatic N) is 3. The van der Waals surface area contributed by atoms with Gasteiger partial charge in [-0.1, -0.05) is 152 Å². The van der Waals surface area contributed by atoms with E-state index < -0.39 is 5.41 Å². The molecule has 1 heterocycles. The van der Waals surface area contributed by atoms with Crippen LogP contribution in [0.1, 0.15) is 22.3 Å². The molecule has 0 aliphatic heterocycles. The SMILES string of the molecule is c1ccc(N(c2ccccc2)c2ccc3c(c2)-c2ccccc2C32c3ccccc3-c3cc(N(c4ccccc4)c4ccc5c(c4)c4ccccc4n5-c4ccccc4)ccc32)cc1. The van der Waals surface area contributed by atoms with E-state index in [0.29, 0.717) is 0 Å². The van der Waals surface area contributed by atoms with E-state index in [9.17, 15) is 0 Å². The molecule has 1 unspecified atom stereocenters. The van der Waals surface area contributed by atoms with Crippen molar-refractivity contribution in [3.05, 3.63) is 271 Å². The summed E-state index contributed by atoms with van der Waals surface area (Å²) in [6.45, 7) is 0. The minimum atomic E-state index is -0.477. The number of hydrogen-bond donors (Lipinski definition) is 0. The van der Waals surface area contributed by atoms with Crippen LogP contribution >= 0.6 is 0 Å². The fraction of sp³-hybridized carbons (Fsp3) is 0.0164. The lowest BCUT2D eigenvalue weighted by Crippen LogP contribution is -2.26. The van der Waals surface area contributed by atoms with Gasteiger partial charge in [0.15, 0.2) is 0 Å². The molecule has 2 aliphatic carbocycles. The normalized spacial score (nSPS) is 14.3. The largest absolute Gasteiger partial charge is 0.310 e. The maximum Gasteiger partial charge on any atom is 0.0725 e. The molecule has 0 amide bonds. The monoisotopic (exact) mass is 815 g/mol. The summed E-state index contributed by atoms with van der Waals surface area (Å²) in [6, 6.07) is 91.1. The third-order valence-electron chi connectivity index (χ3n) is 13.5. The lowest BCUT2D eigenvalue weighted by molar-refractivity contribution is 0.793. The Morgan fingerprint density at radius 1 is 0.266 bits per heavy atom. The first-order chi connectivity index (χ1) is 31.8. The molecule has 300 valence electrons. The molecule has 1 aromatic heterocycles. The zero-order valence-electron chi connectivity index (χ0n) is 35.0. The molecule has 0 fully saturated rings. The molecular formula is C61H41N3. The highest BCUT2D eigenvalue weighted by Gasteiger charge is 2.51. The average molecular weight is 816 g/mol. The van der Waals surface area contributed by atoms with E-state index in [2.05, 4.69) is 263 Å². The van der Waals surface area contributed by atoms with Crippen molar-refractivity contribution in [1.82, 2.24) is 4.57 Å². The van der Waals surface area contributed by atoms with Crippen molar-refractivity contribution in [3.63, 3.8) is 0 Å². The van der Waals surface area contributed by atoms with E-state index in [4.69, 9.17) is 0 Å². The zero-order valence-corrected chi connectivity index (χ0v) is 35.0. The molecule has 0 bridgehead atoms. The summed E-state index contributed by atoms with van der Waals surface area (Å²) in [6.07, 6.45) is 0. The van der Waals surface area contributed by atoms with Gasteiger partial charge in [0.25, 0.3) is 0 Å². The summed E-state index contributed by atoms with van der Waals surface area (Å²) in [5.41, 5.74) is 20.2. The Morgan fingerprint density at radius 3 is 1.20 bits per heavy atom. The van der Waals surface area contributed by atoms with Gasteiger partial charge in [0, 0.05) is 50.6 Å². The molecule has 2 aliphatic rings. The smallest absolute Gasteiger partial charge is 0.0725 e. The van der Waals surface area contributed by atoms with Crippen molar-refractivity contribution in [2.75, 3.05) is 9.80 Å². The molecule has 0 radical (unpaired) electrons. The van der Waals surface area contributed by atoms with E-state index in [1.54, 1.807) is 0 Å². The van der Waals surface area contributed by atoms with E-state index in [0.717, 1.165) is 39.8 Å². The second-order valence-corrected chi connectivity index (χ2v) is 16.9. The summed E-state index contributed by atoms with van der Waals surface area (Å²) in [5.74, 6) is 0. The van der Waals surface area contributed by atoms with Gasteiger partial charge in [-0.25, -0.2) is 0 Å². The number of benzene rings is 10. The maximum atomic E-state index is 2.44. The summed E-state index contributed by atoms with van der Waals surface area (Å²) >= 11 is 0. The molecule has 1 atom stereocenters. The van der Waals surface area contributed by atoms with Gasteiger partial charge in [-0.15, -0.1) is 0 Å². The summed E-state index contributed by atoms with van der Waals surface area (Å²) < 4.78 is 2.38. The second kappa shape index (κ2) is 14.3. The van der Waals surface area contributed by atoms with E-state index in [-0.39, 0.29) is 0 Å². The summed E-state index contributed by atoms with van der Waals surface area (Å²) in [5, 5.41) is 2.46. The topological polar surface area (TPSA) is 11.4 Å². The first-order valence-corrected chi connectivity index (χ1v) is 22.1. The highest BCUT2D eigenvalue weighted by Crippen LogP contribution is 2.64. The van der Waals surface area contributed by atoms with Crippen molar-refractivity contribution in [2.24, 2.45) is 0 Å². The van der Waals surface area contributed by atoms with Crippen molar-refractivity contribution < 1.29 is 0 Å². The Morgan fingerprint density at radius 2 is 0.656 bits per heavy atom. The minimum Gasteiger partial charge on any atom is -0.310 e. The Bertz CT molecular complexity index is 3520. The first-order valence-electron chi connectivity index (χ1n) is 22.1. The number of rotatable bonds is 7. The minimum absolute atomic E-state index is 0.477. The predicted molar refractivity (Wildman–Crippen MR) is 266 cm³/mol. The van der Waals surface area contributed by atoms with Crippen LogP contribution in [-0.2, 0) is 5.41 Å². The van der Waals surface area contributed by atoms with Gasteiger partial charge in [0.05, 0.1) is 16.4 Å². The van der Waals surface area contributed by atoms with Gasteiger partial charge >= 0.3 is 0 Å². The van der Waals surface area contributed by atoms with Crippen LogP contribution in [0, 0.1) is 0 Å². The zero-order chi connectivity index (χ0) is 42.2. The van der Waals surface area contributed by atoms with Crippen LogP contribution < -0.4 is 9.80 Å². The van der Waals surface area contributed by atoms with E-state index in [1.165, 1.54) is 66.3 Å². The number of fused-ring (bicyclic) bond motifs is 13. The van der Waals surface area contributed by atoms with E-state index in [1.807, 2.05) is 0 Å². The van der Waals surface area contributed by atoms with Gasteiger partial charge in [-0.05, 0) is 142 Å². The average Bonchev–Trinajstić information content (AvgIpc) is 3.97. The maximum absolute atomic E-state index is 2.44. The number of hydrogen-bond acceptors (Lipinski definition) is 2. The van der Waals surface area contributed by atoms with Crippen LogP contribution in [0.5, 0.6) is 0 Å². The lowest BCUT2D eigenvalue weighted by Gasteiger charge is -2.32. The highest BCUT2D eigenvalue weighted by molar-refractivity contribution is 6.11. The molecule has 11 aromatic rings. The van der Waals surface area contributed by atoms with Crippen LogP contribution in [0.2, 0.25) is 0 Å². The van der Waals surface area contributed by atoms with Crippen molar-refractivity contribution >= 4 is 55.9 Å². The standard InChI is InChI=1S/C61H41N3/c1-5-19-42(20-6-1)62(43-21-7-2-8-22-43)46-33-36-57-52(39-46)49-27-13-16-30-55(49)61(57)56-31-17-14-28-50(56)53-40-47(34-37-58(53)61)63(44-23-9-3-10-24-44)48-35-38-60-54(41-48)51-29-15-18-32-59(51)64(60)45-25-11-4-12-26-45/h1-41H. The van der Waals surface area contributed by atoms with Crippen LogP contribution in [0.15, 0.2) is 249 Å². The van der Waals surface area contributed by atoms with Crippen molar-refractivity contribution in [2.45, 2.75) is 5.41 Å². The second-order valence-electron chi connectivity index (χ2n) is 16.9. The van der Waals surface area contributed by atoms with Crippen LogP contribution in [0.4, 0.5) is 34.1 Å². The molecule has 64 heavy (non-hydrogen) atoms. The van der Waals surface area contributed by atoms with Gasteiger partial charge < -0.3 is 14.4 Å². The van der Waals surface area contributed by atoms with Gasteiger partial charge in [0.2, 0.25) is 0 Å². The molecule has 3 nitrogen and oxygen atoms in total. The molecule has 1 spiro atoms. The Balaban J connectivity index is 1.00. The Hall–Kier alpha value is -8.40. The molecule has 0 saturated heterocycles. The third-order valence-corrected chi connectivity index (χ3v) is 13.5. The lowest BCUT2D eigenvalue weighted by atomic mass is 9.70. The molecule has 0 N–H and O–H groups in total. The summed E-state index contributed by atoms with van der Waals surface area (Å²) in [4.78, 5) is 4.79. The summed E-state index contributed by atoms with van der Waals surface area (Å²) in [7, 11) is 0. The number of anilines is 6. The van der Waals surface area contributed by atoms with Crippen LogP contribution in [0.3, 0.4) is 0 Å². The molecule has 0 saturated carbocycles. The number of aromatic nitrogens is 1. The fourth-order valence-electron chi connectivity index (χ4n) is 11.0. The molecule has 10 aromatic carbocycles. The Labute approximate surface area is 373 Å². The van der Waals surface area contributed by atoms with Crippen molar-refractivity contribution in [3.8, 4) is 27.9 Å². The first kappa shape index (κ1) is 36.3. The Kier molecular flexibility index (Phi) is 8.13. The fourth-order valence-corrected chi connectivity index (χ4v) is 11.0. The quantitative estimate of drug-likeness (QED) is 0.159. The van der Waals surface area contributed by atoms with Gasteiger partial charge in [-0.2, -0.15) is 0 Å². The third kappa shape index (κ3) is 5.28. The van der Waals surface area contributed by atoms with Crippen LogP contribution in [-0.4, -0.2) is 4.57 Å². The van der Waals surface area contributed by atoms with E-state index >= 15 is 0 Å². The van der Waals surface area contributed by atoms with Crippen LogP contribution in [0.25, 0.3) is 49.7 Å². The predicted octanol–water partition coefficient (Wildman–Crippen LogP) is 16.1. The van der Waals surface area contributed by atoms with Gasteiger partial charge in [0.1, 0.15) is 0 Å². The van der Waals surface area contributed by atoms with Crippen molar-refractivity contribution in [1.29, 1.82) is 0 Å².